The molecule has 0 heterocycles. The van der Waals surface area contributed by atoms with Gasteiger partial charge in [-0.2, -0.15) is 0 Å². The largest absolute Gasteiger partial charge is 0.494 e. The third kappa shape index (κ3) is 5.11. The molecule has 25 heavy (non-hydrogen) atoms. The minimum Gasteiger partial charge on any atom is -0.494 e. The summed E-state index contributed by atoms with van der Waals surface area (Å²) in [6.45, 7) is 2.72. The van der Waals surface area contributed by atoms with Gasteiger partial charge in [-0.1, -0.05) is 31.0 Å². The van der Waals surface area contributed by atoms with Gasteiger partial charge in [-0.05, 0) is 36.8 Å². The van der Waals surface area contributed by atoms with Gasteiger partial charge in [0.1, 0.15) is 5.75 Å². The average Bonchev–Trinajstić information content (AvgIpc) is 2.65. The van der Waals surface area contributed by atoms with Crippen molar-refractivity contribution in [2.45, 2.75) is 13.3 Å². The van der Waals surface area contributed by atoms with E-state index in [4.69, 9.17) is 11.2 Å². The monoisotopic (exact) mass is 336 g/mol. The van der Waals surface area contributed by atoms with Crippen molar-refractivity contribution in [1.29, 1.82) is 0 Å². The Morgan fingerprint density at radius 3 is 2.68 bits per heavy atom. The van der Waals surface area contributed by atoms with Crippen LogP contribution in [0.1, 0.15) is 34.1 Å². The van der Waals surface area contributed by atoms with Crippen LogP contribution in [-0.2, 0) is 0 Å². The number of hydrogen-bond acceptors (Lipinski definition) is 3. The molecule has 0 spiro atoms. The highest BCUT2D eigenvalue weighted by atomic mass is 16.5. The number of amides is 2. The molecule has 0 unspecified atom stereocenters. The maximum absolute atomic E-state index is 12.5. The van der Waals surface area contributed by atoms with Gasteiger partial charge in [0.25, 0.3) is 11.8 Å². The summed E-state index contributed by atoms with van der Waals surface area (Å²) in [5.41, 5.74) is 1.22. The zero-order valence-corrected chi connectivity index (χ0v) is 14.0. The molecule has 5 nitrogen and oxygen atoms in total. The fraction of sp³-hybridized carbons (Fsp3) is 0.200. The Morgan fingerprint density at radius 2 is 1.92 bits per heavy atom. The molecule has 2 aromatic carbocycles. The fourth-order valence-corrected chi connectivity index (χ4v) is 2.16. The Morgan fingerprint density at radius 1 is 1.12 bits per heavy atom. The zero-order valence-electron chi connectivity index (χ0n) is 14.0. The summed E-state index contributed by atoms with van der Waals surface area (Å²) in [4.78, 5) is 24.6. The van der Waals surface area contributed by atoms with E-state index in [0.29, 0.717) is 29.2 Å². The molecule has 0 aliphatic carbocycles. The Balaban J connectivity index is 2.16. The predicted octanol–water partition coefficient (Wildman–Crippen LogP) is 3.09. The van der Waals surface area contributed by atoms with Crippen LogP contribution in [0.5, 0.6) is 5.75 Å². The first-order valence-corrected chi connectivity index (χ1v) is 8.00. The van der Waals surface area contributed by atoms with E-state index in [0.717, 1.165) is 6.42 Å². The Labute approximate surface area is 147 Å². The molecule has 0 saturated heterocycles. The van der Waals surface area contributed by atoms with Crippen molar-refractivity contribution in [3.63, 3.8) is 0 Å². The van der Waals surface area contributed by atoms with Crippen molar-refractivity contribution in [2.24, 2.45) is 0 Å². The average molecular weight is 336 g/mol. The Hall–Kier alpha value is -3.26. The highest BCUT2D eigenvalue weighted by Crippen LogP contribution is 2.18. The van der Waals surface area contributed by atoms with Gasteiger partial charge >= 0.3 is 0 Å². The molecule has 2 rings (SSSR count). The molecule has 0 aromatic heterocycles. The summed E-state index contributed by atoms with van der Waals surface area (Å²) in [5.74, 6) is 2.32. The van der Waals surface area contributed by atoms with Gasteiger partial charge in [-0.3, -0.25) is 9.59 Å². The number of carbonyl (C=O) groups excluding carboxylic acids is 2. The highest BCUT2D eigenvalue weighted by molar-refractivity contribution is 6.09. The highest BCUT2D eigenvalue weighted by Gasteiger charge is 2.14. The first-order valence-electron chi connectivity index (χ1n) is 8.00. The molecule has 0 bridgehead atoms. The maximum Gasteiger partial charge on any atom is 0.255 e. The summed E-state index contributed by atoms with van der Waals surface area (Å²) in [5, 5.41) is 5.35. The molecule has 0 fully saturated rings. The van der Waals surface area contributed by atoms with Crippen molar-refractivity contribution < 1.29 is 14.3 Å². The second-order valence-corrected chi connectivity index (χ2v) is 5.26. The van der Waals surface area contributed by atoms with E-state index >= 15 is 0 Å². The normalized spacial score (nSPS) is 9.76. The Kier molecular flexibility index (Phi) is 6.61. The summed E-state index contributed by atoms with van der Waals surface area (Å²) in [7, 11) is 0. The minimum absolute atomic E-state index is 0.123. The number of benzene rings is 2. The van der Waals surface area contributed by atoms with E-state index in [9.17, 15) is 9.59 Å². The van der Waals surface area contributed by atoms with E-state index in [1.165, 1.54) is 0 Å². The molecule has 0 radical (unpaired) electrons. The summed E-state index contributed by atoms with van der Waals surface area (Å²) in [6.07, 6.45) is 6.04. The maximum atomic E-state index is 12.5. The summed E-state index contributed by atoms with van der Waals surface area (Å²) >= 11 is 0. The van der Waals surface area contributed by atoms with E-state index in [-0.39, 0.29) is 18.4 Å². The van der Waals surface area contributed by atoms with E-state index < -0.39 is 0 Å². The van der Waals surface area contributed by atoms with Gasteiger partial charge in [0.2, 0.25) is 0 Å². The van der Waals surface area contributed by atoms with Crippen LogP contribution in [0.2, 0.25) is 0 Å². The van der Waals surface area contributed by atoms with Crippen molar-refractivity contribution >= 4 is 17.5 Å². The fourth-order valence-electron chi connectivity index (χ4n) is 2.16. The van der Waals surface area contributed by atoms with Crippen molar-refractivity contribution in [3.05, 3.63) is 59.7 Å². The molecular weight excluding hydrogens is 316 g/mol. The molecule has 5 heteroatoms. The number of nitrogens with one attached hydrogen (secondary N) is 2. The number of para-hydroxylation sites is 1. The Bertz CT molecular complexity index is 794. The standard InChI is InChI=1S/C20H20N2O3/c1-3-12-21-20(24)17-10-5-6-11-18(17)22-19(23)15-8-7-9-16(14-15)25-13-4-2/h1,5-11,14H,4,12-13H2,2H3,(H,21,24)(H,22,23). The van der Waals surface area contributed by atoms with Crippen molar-refractivity contribution in [1.82, 2.24) is 5.32 Å². The van der Waals surface area contributed by atoms with Gasteiger partial charge in [-0.25, -0.2) is 0 Å². The number of hydrogen-bond donors (Lipinski definition) is 2. The van der Waals surface area contributed by atoms with Crippen LogP contribution >= 0.6 is 0 Å². The van der Waals surface area contributed by atoms with Gasteiger partial charge in [0.15, 0.2) is 0 Å². The first-order chi connectivity index (χ1) is 12.2. The molecule has 2 aromatic rings. The van der Waals surface area contributed by atoms with Crippen LogP contribution in [0.4, 0.5) is 5.69 Å². The minimum atomic E-state index is -0.339. The lowest BCUT2D eigenvalue weighted by Gasteiger charge is -2.11. The summed E-state index contributed by atoms with van der Waals surface area (Å²) < 4.78 is 5.54. The van der Waals surface area contributed by atoms with E-state index in [2.05, 4.69) is 16.6 Å². The lowest BCUT2D eigenvalue weighted by molar-refractivity contribution is 0.0959. The second kappa shape index (κ2) is 9.14. The van der Waals surface area contributed by atoms with Crippen LogP contribution < -0.4 is 15.4 Å². The van der Waals surface area contributed by atoms with E-state index in [1.807, 2.05) is 6.92 Å². The molecule has 0 aliphatic heterocycles. The third-order valence-electron chi connectivity index (χ3n) is 3.34. The molecule has 128 valence electrons. The smallest absolute Gasteiger partial charge is 0.255 e. The molecular formula is C20H20N2O3. The van der Waals surface area contributed by atoms with E-state index in [1.54, 1.807) is 48.5 Å². The van der Waals surface area contributed by atoms with Crippen LogP contribution in [0.25, 0.3) is 0 Å². The molecule has 2 N–H and O–H groups in total. The first kappa shape index (κ1) is 18.1. The lowest BCUT2D eigenvalue weighted by atomic mass is 10.1. The lowest BCUT2D eigenvalue weighted by Crippen LogP contribution is -2.25. The van der Waals surface area contributed by atoms with Gasteiger partial charge in [0, 0.05) is 5.56 Å². The zero-order chi connectivity index (χ0) is 18.1. The quantitative estimate of drug-likeness (QED) is 0.764. The van der Waals surface area contributed by atoms with Crippen LogP contribution in [0.15, 0.2) is 48.5 Å². The SMILES string of the molecule is C#CCNC(=O)c1ccccc1NC(=O)c1cccc(OCCC)c1. The second-order valence-electron chi connectivity index (χ2n) is 5.26. The topological polar surface area (TPSA) is 67.4 Å². The van der Waals surface area contributed by atoms with Crippen LogP contribution in [-0.4, -0.2) is 25.0 Å². The van der Waals surface area contributed by atoms with Gasteiger partial charge in [-0.15, -0.1) is 6.42 Å². The number of anilines is 1. The predicted molar refractivity (Wildman–Crippen MR) is 97.8 cm³/mol. The van der Waals surface area contributed by atoms with Crippen LogP contribution in [0, 0.1) is 12.3 Å². The third-order valence-corrected chi connectivity index (χ3v) is 3.34. The van der Waals surface area contributed by atoms with Crippen molar-refractivity contribution in [2.75, 3.05) is 18.5 Å². The molecule has 2 amide bonds. The van der Waals surface area contributed by atoms with Crippen molar-refractivity contribution in [3.8, 4) is 18.1 Å². The number of carbonyl (C=O) groups is 2. The molecule has 0 saturated carbocycles. The van der Waals surface area contributed by atoms with Gasteiger partial charge in [0.05, 0.1) is 24.4 Å². The van der Waals surface area contributed by atoms with Crippen LogP contribution in [0.3, 0.4) is 0 Å². The van der Waals surface area contributed by atoms with Gasteiger partial charge < -0.3 is 15.4 Å². The number of terminal acetylenes is 1. The summed E-state index contributed by atoms with van der Waals surface area (Å²) in [6, 6.07) is 13.7. The molecule has 0 atom stereocenters. The number of ether oxygens (including phenoxy) is 1. The molecule has 0 aliphatic rings. The number of rotatable bonds is 7.